The minimum absolute atomic E-state index is 0.117. The van der Waals surface area contributed by atoms with Gasteiger partial charge in [-0.2, -0.15) is 9.67 Å². The van der Waals surface area contributed by atoms with Crippen LogP contribution in [0.2, 0.25) is 0 Å². The summed E-state index contributed by atoms with van der Waals surface area (Å²) in [5, 5.41) is 7.49. The summed E-state index contributed by atoms with van der Waals surface area (Å²) in [6, 6.07) is 1.87. The van der Waals surface area contributed by atoms with Crippen molar-refractivity contribution < 1.29 is 0 Å². The molecule has 0 bridgehead atoms. The van der Waals surface area contributed by atoms with Crippen molar-refractivity contribution in [3.05, 3.63) is 22.9 Å². The SMILES string of the molecule is CC(C)(C)Nc1nc(N)n(-c2cncc(Br)c2)n1. The van der Waals surface area contributed by atoms with E-state index in [4.69, 9.17) is 5.73 Å². The second-order valence-corrected chi connectivity index (χ2v) is 5.86. The number of halogens is 1. The van der Waals surface area contributed by atoms with Crippen molar-refractivity contribution in [2.24, 2.45) is 0 Å². The van der Waals surface area contributed by atoms with Gasteiger partial charge >= 0.3 is 0 Å². The second kappa shape index (κ2) is 4.56. The van der Waals surface area contributed by atoms with E-state index in [9.17, 15) is 0 Å². The Bertz CT molecular complexity index is 557. The summed E-state index contributed by atoms with van der Waals surface area (Å²) in [7, 11) is 0. The Balaban J connectivity index is 2.35. The zero-order valence-corrected chi connectivity index (χ0v) is 12.1. The van der Waals surface area contributed by atoms with Crippen LogP contribution < -0.4 is 11.1 Å². The van der Waals surface area contributed by atoms with E-state index in [0.29, 0.717) is 11.9 Å². The molecular formula is C11H15BrN6. The predicted molar refractivity (Wildman–Crippen MR) is 74.6 cm³/mol. The quantitative estimate of drug-likeness (QED) is 0.888. The number of pyridine rings is 1. The Kier molecular flexibility index (Phi) is 3.25. The third-order valence-corrected chi connectivity index (χ3v) is 2.49. The average molecular weight is 311 g/mol. The Morgan fingerprint density at radius 1 is 1.33 bits per heavy atom. The Morgan fingerprint density at radius 2 is 2.06 bits per heavy atom. The average Bonchev–Trinajstić information content (AvgIpc) is 2.56. The molecule has 0 atom stereocenters. The minimum Gasteiger partial charge on any atom is -0.368 e. The molecule has 0 amide bonds. The molecule has 0 aliphatic carbocycles. The maximum Gasteiger partial charge on any atom is 0.244 e. The predicted octanol–water partition coefficient (Wildman–Crippen LogP) is 2.22. The second-order valence-electron chi connectivity index (χ2n) is 4.94. The molecular weight excluding hydrogens is 296 g/mol. The van der Waals surface area contributed by atoms with Crippen molar-refractivity contribution >= 4 is 27.8 Å². The van der Waals surface area contributed by atoms with Crippen molar-refractivity contribution in [2.75, 3.05) is 11.1 Å². The van der Waals surface area contributed by atoms with Crippen LogP contribution in [0.15, 0.2) is 22.9 Å². The van der Waals surface area contributed by atoms with E-state index < -0.39 is 0 Å². The van der Waals surface area contributed by atoms with Gasteiger partial charge in [0.2, 0.25) is 11.9 Å². The first-order valence-corrected chi connectivity index (χ1v) is 6.26. The summed E-state index contributed by atoms with van der Waals surface area (Å²) in [6.45, 7) is 6.10. The molecule has 2 aromatic heterocycles. The normalized spacial score (nSPS) is 11.6. The summed E-state index contributed by atoms with van der Waals surface area (Å²) in [5.41, 5.74) is 6.49. The maximum absolute atomic E-state index is 5.85. The highest BCUT2D eigenvalue weighted by Crippen LogP contribution is 2.18. The van der Waals surface area contributed by atoms with Gasteiger partial charge in [-0.25, -0.2) is 0 Å². The number of nitrogens with two attached hydrogens (primary N) is 1. The van der Waals surface area contributed by atoms with Gasteiger partial charge in [0.1, 0.15) is 0 Å². The van der Waals surface area contributed by atoms with Gasteiger partial charge in [0.15, 0.2) is 0 Å². The van der Waals surface area contributed by atoms with Crippen molar-refractivity contribution in [1.82, 2.24) is 19.7 Å². The fourth-order valence-electron chi connectivity index (χ4n) is 1.42. The van der Waals surface area contributed by atoms with E-state index in [2.05, 4.69) is 36.3 Å². The van der Waals surface area contributed by atoms with Crippen molar-refractivity contribution in [2.45, 2.75) is 26.3 Å². The molecule has 96 valence electrons. The van der Waals surface area contributed by atoms with Crippen LogP contribution in [-0.2, 0) is 0 Å². The minimum atomic E-state index is -0.117. The molecule has 0 unspecified atom stereocenters. The molecule has 2 heterocycles. The molecule has 6 nitrogen and oxygen atoms in total. The highest BCUT2D eigenvalue weighted by atomic mass is 79.9. The largest absolute Gasteiger partial charge is 0.368 e. The molecule has 0 fully saturated rings. The van der Waals surface area contributed by atoms with E-state index in [0.717, 1.165) is 10.2 Å². The maximum atomic E-state index is 5.85. The molecule has 7 heteroatoms. The summed E-state index contributed by atoms with van der Waals surface area (Å²) in [6.07, 6.45) is 3.38. The third kappa shape index (κ3) is 2.98. The van der Waals surface area contributed by atoms with Gasteiger partial charge in [0, 0.05) is 16.2 Å². The van der Waals surface area contributed by atoms with Crippen LogP contribution in [0.3, 0.4) is 0 Å². The van der Waals surface area contributed by atoms with E-state index in [1.165, 1.54) is 0 Å². The number of hydrogen-bond acceptors (Lipinski definition) is 5. The fraction of sp³-hybridized carbons (Fsp3) is 0.364. The molecule has 2 aromatic rings. The molecule has 0 aliphatic rings. The molecule has 0 aromatic carbocycles. The molecule has 2 rings (SSSR count). The van der Waals surface area contributed by atoms with Gasteiger partial charge < -0.3 is 11.1 Å². The van der Waals surface area contributed by atoms with Crippen LogP contribution in [0, 0.1) is 0 Å². The van der Waals surface area contributed by atoms with E-state index in [1.807, 2.05) is 26.8 Å². The topological polar surface area (TPSA) is 81.6 Å². The smallest absolute Gasteiger partial charge is 0.244 e. The van der Waals surface area contributed by atoms with Crippen LogP contribution >= 0.6 is 15.9 Å². The molecule has 0 aliphatic heterocycles. The molecule has 0 radical (unpaired) electrons. The van der Waals surface area contributed by atoms with Crippen molar-refractivity contribution in [3.63, 3.8) is 0 Å². The zero-order valence-electron chi connectivity index (χ0n) is 10.5. The first-order valence-electron chi connectivity index (χ1n) is 5.47. The Morgan fingerprint density at radius 3 is 2.67 bits per heavy atom. The summed E-state index contributed by atoms with van der Waals surface area (Å²) in [4.78, 5) is 8.25. The molecule has 18 heavy (non-hydrogen) atoms. The number of nitrogen functional groups attached to an aromatic ring is 1. The van der Waals surface area contributed by atoms with E-state index in [1.54, 1.807) is 17.1 Å². The molecule has 0 saturated heterocycles. The molecule has 0 spiro atoms. The number of aromatic nitrogens is 4. The van der Waals surface area contributed by atoms with E-state index in [-0.39, 0.29) is 5.54 Å². The highest BCUT2D eigenvalue weighted by molar-refractivity contribution is 9.10. The summed E-state index contributed by atoms with van der Waals surface area (Å²) < 4.78 is 2.41. The van der Waals surface area contributed by atoms with Gasteiger partial charge in [0.25, 0.3) is 0 Å². The van der Waals surface area contributed by atoms with Gasteiger partial charge in [-0.1, -0.05) is 0 Å². The van der Waals surface area contributed by atoms with Crippen molar-refractivity contribution in [1.29, 1.82) is 0 Å². The first-order chi connectivity index (χ1) is 8.35. The number of rotatable bonds is 2. The zero-order chi connectivity index (χ0) is 13.3. The van der Waals surface area contributed by atoms with Gasteiger partial charge in [-0.3, -0.25) is 4.98 Å². The summed E-state index contributed by atoms with van der Waals surface area (Å²) in [5.74, 6) is 0.821. The van der Waals surface area contributed by atoms with Crippen LogP contribution in [-0.4, -0.2) is 25.3 Å². The molecule has 0 saturated carbocycles. The van der Waals surface area contributed by atoms with Gasteiger partial charge in [-0.15, -0.1) is 5.10 Å². The third-order valence-electron chi connectivity index (χ3n) is 2.05. The van der Waals surface area contributed by atoms with Crippen LogP contribution in [0.1, 0.15) is 20.8 Å². The van der Waals surface area contributed by atoms with Crippen LogP contribution in [0.25, 0.3) is 5.69 Å². The number of anilines is 2. The van der Waals surface area contributed by atoms with Gasteiger partial charge in [-0.05, 0) is 42.8 Å². The number of hydrogen-bond donors (Lipinski definition) is 2. The standard InChI is InChI=1S/C11H15BrN6/c1-11(2,3)16-10-15-9(13)18(17-10)8-4-7(12)5-14-6-8/h4-6H,1-3H3,(H3,13,15,16,17). The lowest BCUT2D eigenvalue weighted by Gasteiger charge is -2.18. The van der Waals surface area contributed by atoms with E-state index >= 15 is 0 Å². The number of nitrogens with one attached hydrogen (secondary N) is 1. The van der Waals surface area contributed by atoms with Crippen LogP contribution in [0.5, 0.6) is 0 Å². The fourth-order valence-corrected chi connectivity index (χ4v) is 1.77. The number of nitrogens with zero attached hydrogens (tertiary/aromatic N) is 4. The van der Waals surface area contributed by atoms with Crippen molar-refractivity contribution in [3.8, 4) is 5.69 Å². The lowest BCUT2D eigenvalue weighted by atomic mass is 10.1. The Labute approximate surface area is 114 Å². The Hall–Kier alpha value is -1.63. The lowest BCUT2D eigenvalue weighted by Crippen LogP contribution is -2.26. The summed E-state index contributed by atoms with van der Waals surface area (Å²) >= 11 is 3.36. The lowest BCUT2D eigenvalue weighted by molar-refractivity contribution is 0.625. The first kappa shape index (κ1) is 12.8. The monoisotopic (exact) mass is 310 g/mol. The molecule has 3 N–H and O–H groups in total. The van der Waals surface area contributed by atoms with Gasteiger partial charge in [0.05, 0.1) is 11.9 Å². The highest BCUT2D eigenvalue weighted by Gasteiger charge is 2.15. The van der Waals surface area contributed by atoms with Crippen LogP contribution in [0.4, 0.5) is 11.9 Å².